The summed E-state index contributed by atoms with van der Waals surface area (Å²) in [5.74, 6) is 0.634. The molecule has 0 saturated heterocycles. The third-order valence-electron chi connectivity index (χ3n) is 2.72. The second-order valence-electron chi connectivity index (χ2n) is 4.15. The van der Waals surface area contributed by atoms with Crippen molar-refractivity contribution in [1.82, 2.24) is 5.32 Å². The van der Waals surface area contributed by atoms with E-state index in [9.17, 15) is 0 Å². The highest BCUT2D eigenvalue weighted by atomic mass is 35.5. The first kappa shape index (κ1) is 14.2. The van der Waals surface area contributed by atoms with Gasteiger partial charge in [0.15, 0.2) is 0 Å². The Morgan fingerprint density at radius 3 is 2.47 bits per heavy atom. The van der Waals surface area contributed by atoms with Crippen molar-refractivity contribution in [3.05, 3.63) is 64.1 Å². The van der Waals surface area contributed by atoms with Gasteiger partial charge < -0.3 is 10.1 Å². The Labute approximate surface area is 123 Å². The normalized spacial score (nSPS) is 12.2. The second kappa shape index (κ2) is 6.80. The standard InChI is InChI=1S/C15H15Cl2NO/c1-18-10-15(11-5-3-2-4-6-11)19-14-8-7-12(16)9-13(14)17/h2-9,15,18H,10H2,1H3. The lowest BCUT2D eigenvalue weighted by Crippen LogP contribution is -2.22. The first-order valence-electron chi connectivity index (χ1n) is 6.02. The number of hydrogen-bond donors (Lipinski definition) is 1. The fraction of sp³-hybridized carbons (Fsp3) is 0.200. The average molecular weight is 296 g/mol. The number of halogens is 2. The largest absolute Gasteiger partial charge is 0.483 e. The summed E-state index contributed by atoms with van der Waals surface area (Å²) in [6, 6.07) is 15.3. The monoisotopic (exact) mass is 295 g/mol. The predicted octanol–water partition coefficient (Wildman–Crippen LogP) is 4.33. The van der Waals surface area contributed by atoms with Crippen LogP contribution in [0.4, 0.5) is 0 Å². The summed E-state index contributed by atoms with van der Waals surface area (Å²) in [6.07, 6.45) is -0.0927. The quantitative estimate of drug-likeness (QED) is 0.886. The van der Waals surface area contributed by atoms with Crippen LogP contribution in [0.2, 0.25) is 10.0 Å². The Balaban J connectivity index is 2.21. The zero-order valence-corrected chi connectivity index (χ0v) is 12.1. The maximum Gasteiger partial charge on any atom is 0.139 e. The average Bonchev–Trinajstić information content (AvgIpc) is 2.42. The molecule has 4 heteroatoms. The summed E-state index contributed by atoms with van der Waals surface area (Å²) in [5.41, 5.74) is 1.10. The van der Waals surface area contributed by atoms with Crippen molar-refractivity contribution in [3.63, 3.8) is 0 Å². The zero-order valence-electron chi connectivity index (χ0n) is 10.6. The number of rotatable bonds is 5. The molecular formula is C15H15Cl2NO. The topological polar surface area (TPSA) is 21.3 Å². The van der Waals surface area contributed by atoms with Crippen LogP contribution < -0.4 is 10.1 Å². The van der Waals surface area contributed by atoms with Gasteiger partial charge in [-0.25, -0.2) is 0 Å². The van der Waals surface area contributed by atoms with Crippen LogP contribution in [-0.4, -0.2) is 13.6 Å². The smallest absolute Gasteiger partial charge is 0.139 e. The van der Waals surface area contributed by atoms with Crippen LogP contribution >= 0.6 is 23.2 Å². The van der Waals surface area contributed by atoms with E-state index in [1.54, 1.807) is 18.2 Å². The van der Waals surface area contributed by atoms with E-state index >= 15 is 0 Å². The van der Waals surface area contributed by atoms with Crippen molar-refractivity contribution in [2.45, 2.75) is 6.10 Å². The van der Waals surface area contributed by atoms with Gasteiger partial charge in [-0.1, -0.05) is 53.5 Å². The summed E-state index contributed by atoms with van der Waals surface area (Å²) >= 11 is 12.0. The fourth-order valence-electron chi connectivity index (χ4n) is 1.80. The van der Waals surface area contributed by atoms with Crippen LogP contribution in [0.5, 0.6) is 5.75 Å². The molecule has 0 fully saturated rings. The number of ether oxygens (including phenoxy) is 1. The van der Waals surface area contributed by atoms with E-state index in [0.29, 0.717) is 22.3 Å². The lowest BCUT2D eigenvalue weighted by molar-refractivity contribution is 0.205. The third-order valence-corrected chi connectivity index (χ3v) is 3.25. The minimum absolute atomic E-state index is 0.0927. The molecule has 1 unspecified atom stereocenters. The first-order valence-corrected chi connectivity index (χ1v) is 6.77. The molecule has 0 aliphatic heterocycles. The Morgan fingerprint density at radius 1 is 1.11 bits per heavy atom. The van der Waals surface area contributed by atoms with Gasteiger partial charge in [0.2, 0.25) is 0 Å². The Kier molecular flexibility index (Phi) is 5.08. The van der Waals surface area contributed by atoms with Gasteiger partial charge in [-0.15, -0.1) is 0 Å². The van der Waals surface area contributed by atoms with Crippen LogP contribution in [0.1, 0.15) is 11.7 Å². The molecule has 1 atom stereocenters. The Morgan fingerprint density at radius 2 is 1.84 bits per heavy atom. The summed E-state index contributed by atoms with van der Waals surface area (Å²) in [4.78, 5) is 0. The maximum absolute atomic E-state index is 6.13. The zero-order chi connectivity index (χ0) is 13.7. The highest BCUT2D eigenvalue weighted by Gasteiger charge is 2.14. The van der Waals surface area contributed by atoms with Gasteiger partial charge in [0, 0.05) is 11.6 Å². The van der Waals surface area contributed by atoms with Gasteiger partial charge in [0.1, 0.15) is 11.9 Å². The summed E-state index contributed by atoms with van der Waals surface area (Å²) < 4.78 is 5.97. The molecule has 0 aliphatic rings. The molecule has 0 spiro atoms. The molecular weight excluding hydrogens is 281 g/mol. The van der Waals surface area contributed by atoms with E-state index in [1.807, 2.05) is 37.4 Å². The highest BCUT2D eigenvalue weighted by Crippen LogP contribution is 2.31. The second-order valence-corrected chi connectivity index (χ2v) is 4.99. The molecule has 2 aromatic carbocycles. The van der Waals surface area contributed by atoms with Gasteiger partial charge >= 0.3 is 0 Å². The summed E-state index contributed by atoms with van der Waals surface area (Å²) in [6.45, 7) is 0.697. The lowest BCUT2D eigenvalue weighted by atomic mass is 10.1. The minimum Gasteiger partial charge on any atom is -0.483 e. The summed E-state index contributed by atoms with van der Waals surface area (Å²) in [7, 11) is 1.89. The molecule has 0 aliphatic carbocycles. The van der Waals surface area contributed by atoms with Gasteiger partial charge in [-0.2, -0.15) is 0 Å². The molecule has 0 bridgehead atoms. The van der Waals surface area contributed by atoms with Crippen LogP contribution in [0.15, 0.2) is 48.5 Å². The Hall–Kier alpha value is -1.22. The van der Waals surface area contributed by atoms with Crippen molar-refractivity contribution in [3.8, 4) is 5.75 Å². The summed E-state index contributed by atoms with van der Waals surface area (Å²) in [5, 5.41) is 4.24. The number of hydrogen-bond acceptors (Lipinski definition) is 2. The minimum atomic E-state index is -0.0927. The van der Waals surface area contributed by atoms with Crippen LogP contribution in [0.25, 0.3) is 0 Å². The molecule has 100 valence electrons. The molecule has 2 rings (SSSR count). The van der Waals surface area contributed by atoms with Crippen molar-refractivity contribution in [2.75, 3.05) is 13.6 Å². The van der Waals surface area contributed by atoms with Gasteiger partial charge in [-0.3, -0.25) is 0 Å². The van der Waals surface area contributed by atoms with E-state index in [2.05, 4.69) is 5.32 Å². The maximum atomic E-state index is 6.13. The molecule has 2 nitrogen and oxygen atoms in total. The predicted molar refractivity (Wildman–Crippen MR) is 80.2 cm³/mol. The molecule has 2 aromatic rings. The van der Waals surface area contributed by atoms with E-state index in [4.69, 9.17) is 27.9 Å². The van der Waals surface area contributed by atoms with Gasteiger partial charge in [0.25, 0.3) is 0 Å². The van der Waals surface area contributed by atoms with Gasteiger partial charge in [-0.05, 0) is 30.8 Å². The molecule has 0 aromatic heterocycles. The van der Waals surface area contributed by atoms with E-state index in [0.717, 1.165) is 5.56 Å². The van der Waals surface area contributed by atoms with Crippen LogP contribution in [0, 0.1) is 0 Å². The molecule has 0 radical (unpaired) electrons. The SMILES string of the molecule is CNCC(Oc1ccc(Cl)cc1Cl)c1ccccc1. The van der Waals surface area contributed by atoms with Crippen LogP contribution in [0.3, 0.4) is 0 Å². The van der Waals surface area contributed by atoms with Crippen LogP contribution in [-0.2, 0) is 0 Å². The first-order chi connectivity index (χ1) is 9.20. The van der Waals surface area contributed by atoms with Crippen molar-refractivity contribution >= 4 is 23.2 Å². The van der Waals surface area contributed by atoms with Gasteiger partial charge in [0.05, 0.1) is 5.02 Å². The van der Waals surface area contributed by atoms with Crippen molar-refractivity contribution in [2.24, 2.45) is 0 Å². The molecule has 19 heavy (non-hydrogen) atoms. The number of benzene rings is 2. The highest BCUT2D eigenvalue weighted by molar-refractivity contribution is 6.35. The number of likely N-dealkylation sites (N-methyl/N-ethyl adjacent to an activating group) is 1. The lowest BCUT2D eigenvalue weighted by Gasteiger charge is -2.20. The molecule has 0 saturated carbocycles. The number of nitrogens with one attached hydrogen (secondary N) is 1. The van der Waals surface area contributed by atoms with E-state index in [-0.39, 0.29) is 6.10 Å². The van der Waals surface area contributed by atoms with Crippen molar-refractivity contribution in [1.29, 1.82) is 0 Å². The van der Waals surface area contributed by atoms with E-state index in [1.165, 1.54) is 0 Å². The molecule has 1 N–H and O–H groups in total. The Bertz CT molecular complexity index is 531. The van der Waals surface area contributed by atoms with E-state index < -0.39 is 0 Å². The molecule has 0 amide bonds. The fourth-order valence-corrected chi connectivity index (χ4v) is 2.26. The third kappa shape index (κ3) is 3.87. The van der Waals surface area contributed by atoms with Crippen molar-refractivity contribution < 1.29 is 4.74 Å². The molecule has 0 heterocycles.